The van der Waals surface area contributed by atoms with E-state index in [9.17, 15) is 10.1 Å². The number of ether oxygens (including phenoxy) is 3. The van der Waals surface area contributed by atoms with Gasteiger partial charge in [0.2, 0.25) is 11.6 Å². The van der Waals surface area contributed by atoms with E-state index < -0.39 is 4.92 Å². The predicted molar refractivity (Wildman–Crippen MR) is 72.9 cm³/mol. The fraction of sp³-hybridized carbons (Fsp3) is 0.231. The van der Waals surface area contributed by atoms with E-state index in [1.54, 1.807) is 13.0 Å². The van der Waals surface area contributed by atoms with Crippen LogP contribution in [0.15, 0.2) is 30.5 Å². The van der Waals surface area contributed by atoms with Crippen LogP contribution >= 0.6 is 0 Å². The van der Waals surface area contributed by atoms with Gasteiger partial charge in [-0.15, -0.1) is 0 Å². The maximum atomic E-state index is 10.9. The van der Waals surface area contributed by atoms with Crippen molar-refractivity contribution in [2.24, 2.45) is 0 Å². The normalized spacial score (nSPS) is 10.0. The van der Waals surface area contributed by atoms with Gasteiger partial charge in [-0.1, -0.05) is 0 Å². The first-order valence-electron chi connectivity index (χ1n) is 6.10. The van der Waals surface area contributed by atoms with Crippen LogP contribution in [0.1, 0.15) is 6.92 Å². The zero-order valence-electron chi connectivity index (χ0n) is 11.5. The summed E-state index contributed by atoms with van der Waals surface area (Å²) in [5, 5.41) is 10.9. The molecule has 110 valence electrons. The highest BCUT2D eigenvalue weighted by Gasteiger charge is 2.16. The largest absolute Gasteiger partial charge is 0.487 e. The van der Waals surface area contributed by atoms with Gasteiger partial charge in [-0.25, -0.2) is 4.98 Å². The van der Waals surface area contributed by atoms with Gasteiger partial charge in [-0.3, -0.25) is 10.1 Å². The fourth-order valence-electron chi connectivity index (χ4n) is 1.57. The van der Waals surface area contributed by atoms with Crippen LogP contribution in [0.5, 0.6) is 23.4 Å². The lowest BCUT2D eigenvalue weighted by atomic mass is 10.3. The molecule has 0 amide bonds. The first kappa shape index (κ1) is 14.5. The summed E-state index contributed by atoms with van der Waals surface area (Å²) in [6.45, 7) is 2.04. The second-order valence-electron chi connectivity index (χ2n) is 3.80. The molecule has 0 radical (unpaired) electrons. The van der Waals surface area contributed by atoms with Gasteiger partial charge in [-0.2, -0.15) is 4.98 Å². The molecule has 0 spiro atoms. The van der Waals surface area contributed by atoms with Crippen molar-refractivity contribution in [1.82, 2.24) is 9.97 Å². The molecule has 0 aliphatic rings. The summed E-state index contributed by atoms with van der Waals surface area (Å²) in [7, 11) is 1.48. The number of hydrogen-bond donors (Lipinski definition) is 0. The summed E-state index contributed by atoms with van der Waals surface area (Å²) in [5.41, 5.74) is -0.129. The minimum atomic E-state index is -0.517. The predicted octanol–water partition coefficient (Wildman–Crippen LogP) is 2.58. The molecule has 0 aliphatic heterocycles. The number of nitrogens with zero attached hydrogens (tertiary/aromatic N) is 3. The molecular weight excluding hydrogens is 278 g/mol. The lowest BCUT2D eigenvalue weighted by molar-refractivity contribution is -0.385. The Morgan fingerprint density at radius 3 is 2.81 bits per heavy atom. The summed E-state index contributed by atoms with van der Waals surface area (Å²) in [6, 6.07) is 5.83. The van der Waals surface area contributed by atoms with Gasteiger partial charge in [-0.05, 0) is 13.0 Å². The molecule has 8 heteroatoms. The van der Waals surface area contributed by atoms with Crippen molar-refractivity contribution in [3.05, 3.63) is 40.6 Å². The third-order valence-electron chi connectivity index (χ3n) is 2.45. The smallest absolute Gasteiger partial charge is 0.325 e. The van der Waals surface area contributed by atoms with Gasteiger partial charge in [0.05, 0.1) is 18.6 Å². The number of aromatic nitrogens is 2. The SMILES string of the molecule is CCOc1cc(Oc2nccc(OC)n2)ccc1[N+](=O)[O-]. The van der Waals surface area contributed by atoms with E-state index >= 15 is 0 Å². The van der Waals surface area contributed by atoms with E-state index in [1.807, 2.05) is 0 Å². The Bertz CT molecular complexity index is 647. The van der Waals surface area contributed by atoms with E-state index in [4.69, 9.17) is 14.2 Å². The lowest BCUT2D eigenvalue weighted by Gasteiger charge is -2.08. The van der Waals surface area contributed by atoms with Gasteiger partial charge in [0.25, 0.3) is 0 Å². The second kappa shape index (κ2) is 6.51. The molecule has 8 nitrogen and oxygen atoms in total. The van der Waals surface area contributed by atoms with E-state index in [0.717, 1.165) is 0 Å². The van der Waals surface area contributed by atoms with E-state index in [0.29, 0.717) is 18.2 Å². The number of rotatable bonds is 6. The molecule has 0 N–H and O–H groups in total. The van der Waals surface area contributed by atoms with Gasteiger partial charge in [0, 0.05) is 24.4 Å². The van der Waals surface area contributed by atoms with Crippen molar-refractivity contribution in [2.75, 3.05) is 13.7 Å². The quantitative estimate of drug-likeness (QED) is 0.596. The number of benzene rings is 1. The Labute approximate surface area is 120 Å². The van der Waals surface area contributed by atoms with Gasteiger partial charge in [0.1, 0.15) is 5.75 Å². The highest BCUT2D eigenvalue weighted by atomic mass is 16.6. The Hall–Kier alpha value is -2.90. The highest BCUT2D eigenvalue weighted by Crippen LogP contribution is 2.32. The number of methoxy groups -OCH3 is 1. The Kier molecular flexibility index (Phi) is 4.50. The summed E-state index contributed by atoms with van der Waals surface area (Å²) in [5.74, 6) is 0.812. The molecule has 0 fully saturated rings. The Morgan fingerprint density at radius 1 is 1.33 bits per heavy atom. The minimum absolute atomic E-state index is 0.0747. The summed E-state index contributed by atoms with van der Waals surface area (Å²) >= 11 is 0. The molecule has 2 rings (SSSR count). The van der Waals surface area contributed by atoms with Crippen molar-refractivity contribution in [3.8, 4) is 23.4 Å². The lowest BCUT2D eigenvalue weighted by Crippen LogP contribution is -1.99. The van der Waals surface area contributed by atoms with Crippen molar-refractivity contribution >= 4 is 5.69 Å². The summed E-state index contributed by atoms with van der Waals surface area (Å²) in [4.78, 5) is 18.3. The molecule has 0 saturated heterocycles. The maximum absolute atomic E-state index is 10.9. The van der Waals surface area contributed by atoms with Crippen LogP contribution in [0.3, 0.4) is 0 Å². The molecular formula is C13H13N3O5. The molecule has 0 saturated carbocycles. The molecule has 1 aromatic carbocycles. The van der Waals surface area contributed by atoms with E-state index in [-0.39, 0.29) is 17.4 Å². The first-order valence-corrected chi connectivity index (χ1v) is 6.10. The van der Waals surface area contributed by atoms with Crippen molar-refractivity contribution < 1.29 is 19.1 Å². The Balaban J connectivity index is 2.27. The molecule has 21 heavy (non-hydrogen) atoms. The number of nitro benzene ring substituents is 1. The summed E-state index contributed by atoms with van der Waals surface area (Å²) in [6.07, 6.45) is 1.48. The minimum Gasteiger partial charge on any atom is -0.487 e. The third kappa shape index (κ3) is 3.56. The molecule has 0 bridgehead atoms. The van der Waals surface area contributed by atoms with Crippen LogP contribution in [0, 0.1) is 10.1 Å². The van der Waals surface area contributed by atoms with Crippen LogP contribution in [0.25, 0.3) is 0 Å². The topological polar surface area (TPSA) is 96.6 Å². The zero-order valence-corrected chi connectivity index (χ0v) is 11.5. The number of nitro groups is 1. The Morgan fingerprint density at radius 2 is 2.14 bits per heavy atom. The van der Waals surface area contributed by atoms with E-state index in [1.165, 1.54) is 31.5 Å². The van der Waals surface area contributed by atoms with Crippen LogP contribution in [0.4, 0.5) is 5.69 Å². The monoisotopic (exact) mass is 291 g/mol. The van der Waals surface area contributed by atoms with Crippen LogP contribution < -0.4 is 14.2 Å². The van der Waals surface area contributed by atoms with Crippen molar-refractivity contribution in [3.63, 3.8) is 0 Å². The van der Waals surface area contributed by atoms with Crippen LogP contribution in [-0.4, -0.2) is 28.6 Å². The second-order valence-corrected chi connectivity index (χ2v) is 3.80. The average molecular weight is 291 g/mol. The molecule has 1 aromatic heterocycles. The third-order valence-corrected chi connectivity index (χ3v) is 2.45. The highest BCUT2D eigenvalue weighted by molar-refractivity contribution is 5.51. The van der Waals surface area contributed by atoms with Crippen molar-refractivity contribution in [2.45, 2.75) is 6.92 Å². The number of hydrogen-bond acceptors (Lipinski definition) is 7. The zero-order chi connectivity index (χ0) is 15.2. The van der Waals surface area contributed by atoms with Gasteiger partial charge >= 0.3 is 11.7 Å². The van der Waals surface area contributed by atoms with Gasteiger partial charge in [0.15, 0.2) is 0 Å². The van der Waals surface area contributed by atoms with Crippen LogP contribution in [-0.2, 0) is 0 Å². The molecule has 1 heterocycles. The van der Waals surface area contributed by atoms with Crippen LogP contribution in [0.2, 0.25) is 0 Å². The maximum Gasteiger partial charge on any atom is 0.325 e. The fourth-order valence-corrected chi connectivity index (χ4v) is 1.57. The molecule has 0 aliphatic carbocycles. The van der Waals surface area contributed by atoms with Gasteiger partial charge < -0.3 is 14.2 Å². The molecule has 0 atom stereocenters. The average Bonchev–Trinajstić information content (AvgIpc) is 2.48. The first-order chi connectivity index (χ1) is 10.1. The molecule has 2 aromatic rings. The molecule has 0 unspecified atom stereocenters. The summed E-state index contributed by atoms with van der Waals surface area (Å²) < 4.78 is 15.6. The van der Waals surface area contributed by atoms with E-state index in [2.05, 4.69) is 9.97 Å². The standard InChI is InChI=1S/C13H13N3O5/c1-3-20-11-8-9(4-5-10(11)16(17)18)21-13-14-7-6-12(15-13)19-2/h4-8H,3H2,1-2H3. The van der Waals surface area contributed by atoms with Crippen molar-refractivity contribution in [1.29, 1.82) is 0 Å².